The summed E-state index contributed by atoms with van der Waals surface area (Å²) in [5.41, 5.74) is 4.57. The number of aromatic nitrogens is 2. The Kier molecular flexibility index (Phi) is 33.3. The molecule has 0 radical (unpaired) electrons. The Hall–Kier alpha value is -4.13. The van der Waals surface area contributed by atoms with E-state index in [0.29, 0.717) is 19.3 Å². The standard InChI is InChI=1S/C50H79N3O16P2/c1-3-5-7-8-9-10-11-12-13-14-15-16-17-20-24-27-31-35-46(56)67-42(38-64-45(55)34-30-26-23-21-18-19-22-25-29-33-41(54)32-28-6-4-2)39-65-70(60,61)69-71(62,63)66-40-43-47(57)48(58)49(68-43)53-37-36-44(51)52-50(53)59/h5,7,9-10,12-13,15-16,22,25,29,33,36-37,42-43,47-49,57-58H,3-4,6,8,11,14,17-21,23-24,26-28,30-32,34-35,38-40H2,1-2H3,(H,60,61)(H,62,63)(H2,51,52,59)/b7-5-,10-9-,13-12-,16-15-,25-22-,33-29+/t42-,43-,47-,48-,49-/m1/s1. The number of hydrogen-bond acceptors (Lipinski definition) is 16. The first kappa shape index (κ1) is 63.0. The van der Waals surface area contributed by atoms with Crippen molar-refractivity contribution < 1.29 is 71.1 Å². The Morgan fingerprint density at radius 2 is 1.31 bits per heavy atom. The number of ketones is 1. The average Bonchev–Trinajstić information content (AvgIpc) is 3.60. The fraction of sp³-hybridized carbons (Fsp3) is 0.620. The minimum atomic E-state index is -5.45. The summed E-state index contributed by atoms with van der Waals surface area (Å²) in [6.07, 6.45) is 33.9. The van der Waals surface area contributed by atoms with E-state index in [2.05, 4.69) is 71.8 Å². The third-order valence-electron chi connectivity index (χ3n) is 10.8. The van der Waals surface area contributed by atoms with Crippen LogP contribution in [0.3, 0.4) is 0 Å². The van der Waals surface area contributed by atoms with Crippen LogP contribution in [0.5, 0.6) is 0 Å². The van der Waals surface area contributed by atoms with Gasteiger partial charge in [0.2, 0.25) is 0 Å². The third-order valence-corrected chi connectivity index (χ3v) is 13.4. The second-order valence-corrected chi connectivity index (χ2v) is 20.0. The highest BCUT2D eigenvalue weighted by Gasteiger charge is 2.46. The number of carbonyl (C=O) groups is 3. The summed E-state index contributed by atoms with van der Waals surface area (Å²) < 4.78 is 56.7. The molecular formula is C50H79N3O16P2. The molecule has 2 rings (SSSR count). The van der Waals surface area contributed by atoms with Gasteiger partial charge < -0.3 is 39.9 Å². The highest BCUT2D eigenvalue weighted by Crippen LogP contribution is 2.60. The van der Waals surface area contributed by atoms with Crippen LogP contribution in [0.1, 0.15) is 155 Å². The van der Waals surface area contributed by atoms with Crippen molar-refractivity contribution in [2.24, 2.45) is 0 Å². The average molecular weight is 1040 g/mol. The highest BCUT2D eigenvalue weighted by molar-refractivity contribution is 7.61. The van der Waals surface area contributed by atoms with Gasteiger partial charge in [0.05, 0.1) is 13.2 Å². The van der Waals surface area contributed by atoms with E-state index < -0.39 is 83.7 Å². The smallest absolute Gasteiger partial charge is 0.462 e. The first-order valence-electron chi connectivity index (χ1n) is 24.9. The first-order chi connectivity index (χ1) is 34.1. The zero-order valence-electron chi connectivity index (χ0n) is 41.5. The van der Waals surface area contributed by atoms with Gasteiger partial charge in [0.15, 0.2) is 18.1 Å². The molecule has 6 N–H and O–H groups in total. The van der Waals surface area contributed by atoms with E-state index >= 15 is 0 Å². The minimum absolute atomic E-state index is 0.000791. The lowest BCUT2D eigenvalue weighted by Crippen LogP contribution is -2.36. The van der Waals surface area contributed by atoms with Crippen LogP contribution in [-0.2, 0) is 51.1 Å². The maximum Gasteiger partial charge on any atom is 0.481 e. The number of allylic oxidation sites excluding steroid dienone is 12. The second-order valence-electron chi connectivity index (χ2n) is 17.0. The number of nitrogens with zero attached hydrogens (tertiary/aromatic N) is 2. The zero-order valence-corrected chi connectivity index (χ0v) is 43.3. The molecule has 1 fully saturated rings. The van der Waals surface area contributed by atoms with Crippen molar-refractivity contribution >= 4 is 39.2 Å². The molecule has 71 heavy (non-hydrogen) atoms. The van der Waals surface area contributed by atoms with Gasteiger partial charge in [-0.3, -0.25) is 28.0 Å². The Balaban J connectivity index is 1.84. The molecule has 0 aromatic carbocycles. The number of phosphoric ester groups is 2. The normalized spacial score (nSPS) is 19.7. The number of anilines is 1. The van der Waals surface area contributed by atoms with Gasteiger partial charge in [0, 0.05) is 25.5 Å². The van der Waals surface area contributed by atoms with E-state index in [4.69, 9.17) is 29.0 Å². The van der Waals surface area contributed by atoms with E-state index in [0.717, 1.165) is 113 Å². The molecule has 0 aliphatic carbocycles. The van der Waals surface area contributed by atoms with Crippen molar-refractivity contribution in [3.05, 3.63) is 95.7 Å². The number of hydrogen-bond donors (Lipinski definition) is 5. The van der Waals surface area contributed by atoms with Gasteiger partial charge in [-0.15, -0.1) is 0 Å². The summed E-state index contributed by atoms with van der Waals surface area (Å²) >= 11 is 0. The summed E-state index contributed by atoms with van der Waals surface area (Å²) in [7, 11) is -10.9. The summed E-state index contributed by atoms with van der Waals surface area (Å²) in [5.74, 6) is -1.27. The van der Waals surface area contributed by atoms with Gasteiger partial charge in [0.25, 0.3) is 0 Å². The SMILES string of the molecule is CC/C=C\C/C=C\C/C=C\C/C=C\CCCCCCC(=O)O[C@H](COC(=O)CCCCCCC/C=C\C=C\C(=O)CCCCC)COP(=O)(O)OP(=O)(O)OC[C@H]1O[C@@H](n2ccc(N)nc2=O)[C@H](O)[C@@H]1O. The number of rotatable bonds is 40. The molecule has 2 heterocycles. The quantitative estimate of drug-likeness (QED) is 0.0102. The van der Waals surface area contributed by atoms with Crippen LogP contribution in [0.2, 0.25) is 0 Å². The van der Waals surface area contributed by atoms with Gasteiger partial charge >= 0.3 is 33.3 Å². The van der Waals surface area contributed by atoms with Crippen molar-refractivity contribution in [2.45, 2.75) is 179 Å². The van der Waals surface area contributed by atoms with Crippen LogP contribution in [0, 0.1) is 0 Å². The maximum atomic E-state index is 12.9. The van der Waals surface area contributed by atoms with Crippen molar-refractivity contribution in [3.8, 4) is 0 Å². The lowest BCUT2D eigenvalue weighted by atomic mass is 10.1. The molecule has 1 aliphatic heterocycles. The molecule has 1 aromatic rings. The number of aliphatic hydroxyl groups excluding tert-OH is 2. The van der Waals surface area contributed by atoms with Crippen molar-refractivity contribution in [3.63, 3.8) is 0 Å². The monoisotopic (exact) mass is 1040 g/mol. The molecule has 0 spiro atoms. The Bertz CT molecular complexity index is 2040. The number of unbranched alkanes of at least 4 members (excludes halogenated alkanes) is 11. The predicted octanol–water partition coefficient (Wildman–Crippen LogP) is 9.29. The van der Waals surface area contributed by atoms with E-state index in [9.17, 15) is 48.3 Å². The molecule has 21 heteroatoms. The van der Waals surface area contributed by atoms with Gasteiger partial charge in [-0.1, -0.05) is 126 Å². The van der Waals surface area contributed by atoms with Crippen LogP contribution in [-0.4, -0.2) is 91.5 Å². The lowest BCUT2D eigenvalue weighted by molar-refractivity contribution is -0.161. The van der Waals surface area contributed by atoms with Gasteiger partial charge in [0.1, 0.15) is 30.7 Å². The summed E-state index contributed by atoms with van der Waals surface area (Å²) in [6.45, 7) is 1.81. The maximum absolute atomic E-state index is 12.9. The van der Waals surface area contributed by atoms with Crippen LogP contribution >= 0.6 is 15.6 Å². The number of aliphatic hydroxyl groups is 2. The van der Waals surface area contributed by atoms with Gasteiger partial charge in [-0.2, -0.15) is 9.29 Å². The summed E-state index contributed by atoms with van der Waals surface area (Å²) in [6, 6.07) is 1.24. The summed E-state index contributed by atoms with van der Waals surface area (Å²) in [5, 5.41) is 20.9. The van der Waals surface area contributed by atoms with Crippen molar-refractivity contribution in [1.82, 2.24) is 9.55 Å². The molecule has 1 aliphatic rings. The number of nitrogen functional groups attached to an aromatic ring is 1. The van der Waals surface area contributed by atoms with E-state index in [-0.39, 0.29) is 24.4 Å². The molecular weight excluding hydrogens is 961 g/mol. The fourth-order valence-corrected chi connectivity index (χ4v) is 8.98. The van der Waals surface area contributed by atoms with Crippen molar-refractivity contribution in [2.75, 3.05) is 25.6 Å². The largest absolute Gasteiger partial charge is 0.481 e. The molecule has 19 nitrogen and oxygen atoms in total. The first-order valence-corrected chi connectivity index (χ1v) is 27.9. The number of nitrogens with two attached hydrogens (primary N) is 1. The number of esters is 2. The van der Waals surface area contributed by atoms with E-state index in [1.807, 2.05) is 12.2 Å². The molecule has 1 saturated heterocycles. The lowest BCUT2D eigenvalue weighted by Gasteiger charge is -2.21. The van der Waals surface area contributed by atoms with Crippen LogP contribution in [0.15, 0.2) is 90.0 Å². The molecule has 400 valence electrons. The number of carbonyl (C=O) groups excluding carboxylic acids is 3. The van der Waals surface area contributed by atoms with Gasteiger partial charge in [-0.05, 0) is 82.8 Å². The van der Waals surface area contributed by atoms with E-state index in [1.165, 1.54) is 6.07 Å². The fourth-order valence-electron chi connectivity index (χ4n) is 6.87. The minimum Gasteiger partial charge on any atom is -0.462 e. The van der Waals surface area contributed by atoms with Crippen LogP contribution < -0.4 is 11.4 Å². The molecule has 0 saturated carbocycles. The molecule has 2 unspecified atom stereocenters. The van der Waals surface area contributed by atoms with Gasteiger partial charge in [-0.25, -0.2) is 13.9 Å². The van der Waals surface area contributed by atoms with Crippen LogP contribution in [0.25, 0.3) is 0 Å². The summed E-state index contributed by atoms with van der Waals surface area (Å²) in [4.78, 5) is 73.7. The van der Waals surface area contributed by atoms with E-state index in [1.54, 1.807) is 12.2 Å². The highest BCUT2D eigenvalue weighted by atomic mass is 31.3. The third kappa shape index (κ3) is 30.5. The second kappa shape index (κ2) is 37.6. The Labute approximate surface area is 419 Å². The predicted molar refractivity (Wildman–Crippen MR) is 270 cm³/mol. The molecule has 0 bridgehead atoms. The zero-order chi connectivity index (χ0) is 52.2. The Morgan fingerprint density at radius 3 is 1.96 bits per heavy atom. The molecule has 0 amide bonds. The topological polar surface area (TPSA) is 283 Å². The van der Waals surface area contributed by atoms with Crippen LogP contribution in [0.4, 0.5) is 5.82 Å². The van der Waals surface area contributed by atoms with Crippen molar-refractivity contribution in [1.29, 1.82) is 0 Å². The molecule has 1 aromatic heterocycles. The number of ether oxygens (including phenoxy) is 3. The Morgan fingerprint density at radius 1 is 0.732 bits per heavy atom. The number of phosphoric acid groups is 2. The molecule has 7 atom stereocenters.